The van der Waals surface area contributed by atoms with E-state index >= 15 is 0 Å². The first kappa shape index (κ1) is 16.9. The molecule has 0 saturated heterocycles. The Bertz CT molecular complexity index is 931. The molecule has 0 aliphatic heterocycles. The normalized spacial score (nSPS) is 10.7. The predicted molar refractivity (Wildman–Crippen MR) is 99.4 cm³/mol. The van der Waals surface area contributed by atoms with Crippen molar-refractivity contribution in [2.24, 2.45) is 0 Å². The van der Waals surface area contributed by atoms with E-state index in [0.717, 1.165) is 27.9 Å². The fourth-order valence-corrected chi connectivity index (χ4v) is 2.86. The summed E-state index contributed by atoms with van der Waals surface area (Å²) in [6, 6.07) is 10.0. The van der Waals surface area contributed by atoms with Crippen LogP contribution in [0.2, 0.25) is 0 Å². The number of aromatic nitrogens is 2. The molecular weight excluding hydrogens is 314 g/mol. The number of hydrogen-bond donors (Lipinski definition) is 1. The second-order valence-corrected chi connectivity index (χ2v) is 6.09. The molecule has 0 aliphatic carbocycles. The summed E-state index contributed by atoms with van der Waals surface area (Å²) >= 11 is 0. The third-order valence-electron chi connectivity index (χ3n) is 3.86. The Morgan fingerprint density at radius 1 is 1.12 bits per heavy atom. The SMILES string of the molecule is CCOC(=O)c1cnc2nc(C)ccc2c1Nc1cc(C)cc(C)c1. The second-order valence-electron chi connectivity index (χ2n) is 6.09. The summed E-state index contributed by atoms with van der Waals surface area (Å²) < 4.78 is 5.19. The standard InChI is InChI=1S/C20H21N3O2/c1-5-25-20(24)17-11-21-19-16(7-6-14(4)22-19)18(17)23-15-9-12(2)8-13(3)10-15/h6-11H,5H2,1-4H3,(H,21,22,23). The van der Waals surface area contributed by atoms with Crippen molar-refractivity contribution in [2.45, 2.75) is 27.7 Å². The fraction of sp³-hybridized carbons (Fsp3) is 0.250. The maximum atomic E-state index is 12.4. The summed E-state index contributed by atoms with van der Waals surface area (Å²) in [4.78, 5) is 21.2. The Kier molecular flexibility index (Phi) is 4.65. The Morgan fingerprint density at radius 3 is 2.52 bits per heavy atom. The van der Waals surface area contributed by atoms with E-state index in [9.17, 15) is 4.79 Å². The predicted octanol–water partition coefficient (Wildman–Crippen LogP) is 4.48. The highest BCUT2D eigenvalue weighted by molar-refractivity contribution is 6.05. The van der Waals surface area contributed by atoms with E-state index in [-0.39, 0.29) is 0 Å². The Labute approximate surface area is 147 Å². The van der Waals surface area contributed by atoms with E-state index in [1.54, 1.807) is 6.92 Å². The van der Waals surface area contributed by atoms with Crippen molar-refractivity contribution in [3.8, 4) is 0 Å². The van der Waals surface area contributed by atoms with E-state index in [0.29, 0.717) is 23.5 Å². The smallest absolute Gasteiger partial charge is 0.341 e. The average Bonchev–Trinajstić information content (AvgIpc) is 2.54. The van der Waals surface area contributed by atoms with Crippen molar-refractivity contribution in [3.05, 3.63) is 58.9 Å². The van der Waals surface area contributed by atoms with Crippen LogP contribution in [-0.2, 0) is 4.74 Å². The first-order valence-electron chi connectivity index (χ1n) is 8.26. The van der Waals surface area contributed by atoms with Crippen LogP contribution in [-0.4, -0.2) is 22.5 Å². The lowest BCUT2D eigenvalue weighted by atomic mass is 10.1. The molecule has 1 N–H and O–H groups in total. The minimum absolute atomic E-state index is 0.312. The molecule has 3 rings (SSSR count). The number of hydrogen-bond acceptors (Lipinski definition) is 5. The molecule has 0 radical (unpaired) electrons. The number of aryl methyl sites for hydroxylation is 3. The number of carbonyl (C=O) groups excluding carboxylic acids is 1. The van der Waals surface area contributed by atoms with Gasteiger partial charge in [-0.3, -0.25) is 0 Å². The van der Waals surface area contributed by atoms with Gasteiger partial charge in [0.2, 0.25) is 0 Å². The van der Waals surface area contributed by atoms with Crippen LogP contribution in [0.15, 0.2) is 36.5 Å². The molecule has 0 bridgehead atoms. The molecule has 0 fully saturated rings. The Hall–Kier alpha value is -2.95. The second kappa shape index (κ2) is 6.89. The van der Waals surface area contributed by atoms with Gasteiger partial charge in [-0.1, -0.05) is 6.07 Å². The zero-order valence-corrected chi connectivity index (χ0v) is 14.9. The van der Waals surface area contributed by atoms with E-state index in [4.69, 9.17) is 4.74 Å². The number of pyridine rings is 2. The van der Waals surface area contributed by atoms with Gasteiger partial charge < -0.3 is 10.1 Å². The highest BCUT2D eigenvalue weighted by Gasteiger charge is 2.17. The summed E-state index contributed by atoms with van der Waals surface area (Å²) in [6.07, 6.45) is 1.53. The maximum Gasteiger partial charge on any atom is 0.341 e. The first-order valence-corrected chi connectivity index (χ1v) is 8.26. The van der Waals surface area contributed by atoms with Gasteiger partial charge in [0.05, 0.1) is 12.3 Å². The lowest BCUT2D eigenvalue weighted by Gasteiger charge is -2.15. The number of ether oxygens (including phenoxy) is 1. The molecule has 2 aromatic heterocycles. The molecule has 0 saturated carbocycles. The number of rotatable bonds is 4. The van der Waals surface area contributed by atoms with E-state index in [2.05, 4.69) is 21.4 Å². The highest BCUT2D eigenvalue weighted by atomic mass is 16.5. The molecule has 25 heavy (non-hydrogen) atoms. The van der Waals surface area contributed by atoms with Crippen molar-refractivity contribution in [1.29, 1.82) is 0 Å². The van der Waals surface area contributed by atoms with Gasteiger partial charge in [-0.15, -0.1) is 0 Å². The van der Waals surface area contributed by atoms with E-state index in [1.807, 2.05) is 45.0 Å². The fourth-order valence-electron chi connectivity index (χ4n) is 2.86. The van der Waals surface area contributed by atoms with Gasteiger partial charge in [0.15, 0.2) is 5.65 Å². The van der Waals surface area contributed by atoms with Gasteiger partial charge in [0.1, 0.15) is 5.56 Å². The molecule has 1 aromatic carbocycles. The summed E-state index contributed by atoms with van der Waals surface area (Å²) in [5, 5.41) is 4.16. The van der Waals surface area contributed by atoms with Crippen LogP contribution in [0.1, 0.15) is 34.1 Å². The van der Waals surface area contributed by atoms with Crippen LogP contribution in [0.25, 0.3) is 11.0 Å². The van der Waals surface area contributed by atoms with Crippen LogP contribution in [0.5, 0.6) is 0 Å². The van der Waals surface area contributed by atoms with Gasteiger partial charge in [-0.05, 0) is 63.1 Å². The summed E-state index contributed by atoms with van der Waals surface area (Å²) in [7, 11) is 0. The molecule has 128 valence electrons. The molecule has 0 spiro atoms. The van der Waals surface area contributed by atoms with Gasteiger partial charge >= 0.3 is 5.97 Å². The number of carbonyl (C=O) groups is 1. The number of nitrogens with one attached hydrogen (secondary N) is 1. The Balaban J connectivity index is 2.17. The minimum atomic E-state index is -0.399. The molecule has 5 nitrogen and oxygen atoms in total. The lowest BCUT2D eigenvalue weighted by Crippen LogP contribution is -2.10. The summed E-state index contributed by atoms with van der Waals surface area (Å²) in [5.74, 6) is -0.399. The largest absolute Gasteiger partial charge is 0.462 e. The van der Waals surface area contributed by atoms with Crippen molar-refractivity contribution >= 4 is 28.4 Å². The van der Waals surface area contributed by atoms with Crippen LogP contribution < -0.4 is 5.32 Å². The van der Waals surface area contributed by atoms with Crippen LogP contribution in [0, 0.1) is 20.8 Å². The summed E-state index contributed by atoms with van der Waals surface area (Å²) in [5.41, 5.74) is 5.75. The van der Waals surface area contributed by atoms with Crippen molar-refractivity contribution in [2.75, 3.05) is 11.9 Å². The molecular formula is C20H21N3O2. The van der Waals surface area contributed by atoms with Crippen molar-refractivity contribution in [1.82, 2.24) is 9.97 Å². The van der Waals surface area contributed by atoms with Crippen molar-refractivity contribution in [3.63, 3.8) is 0 Å². The first-order chi connectivity index (χ1) is 12.0. The highest BCUT2D eigenvalue weighted by Crippen LogP contribution is 2.30. The molecule has 0 atom stereocenters. The molecule has 0 unspecified atom stereocenters. The monoisotopic (exact) mass is 335 g/mol. The number of anilines is 2. The number of esters is 1. The van der Waals surface area contributed by atoms with E-state index in [1.165, 1.54) is 6.20 Å². The topological polar surface area (TPSA) is 64.1 Å². The molecule has 2 heterocycles. The van der Waals surface area contributed by atoms with Gasteiger partial charge in [-0.25, -0.2) is 14.8 Å². The van der Waals surface area contributed by atoms with Crippen LogP contribution in [0.3, 0.4) is 0 Å². The molecule has 5 heteroatoms. The zero-order valence-electron chi connectivity index (χ0n) is 14.9. The number of nitrogens with zero attached hydrogens (tertiary/aromatic N) is 2. The Morgan fingerprint density at radius 2 is 1.84 bits per heavy atom. The maximum absolute atomic E-state index is 12.4. The molecule has 3 aromatic rings. The molecule has 0 amide bonds. The number of fused-ring (bicyclic) bond motifs is 1. The zero-order chi connectivity index (χ0) is 18.0. The molecule has 0 aliphatic rings. The quantitative estimate of drug-likeness (QED) is 0.712. The number of benzene rings is 1. The lowest BCUT2D eigenvalue weighted by molar-refractivity contribution is 0.0527. The average molecular weight is 335 g/mol. The van der Waals surface area contributed by atoms with Gasteiger partial charge in [0.25, 0.3) is 0 Å². The third-order valence-corrected chi connectivity index (χ3v) is 3.86. The van der Waals surface area contributed by atoms with Crippen LogP contribution in [0.4, 0.5) is 11.4 Å². The third kappa shape index (κ3) is 3.60. The van der Waals surface area contributed by atoms with E-state index < -0.39 is 5.97 Å². The van der Waals surface area contributed by atoms with Gasteiger partial charge in [-0.2, -0.15) is 0 Å². The summed E-state index contributed by atoms with van der Waals surface area (Å²) in [6.45, 7) is 8.09. The minimum Gasteiger partial charge on any atom is -0.462 e. The van der Waals surface area contributed by atoms with Crippen LogP contribution >= 0.6 is 0 Å². The van der Waals surface area contributed by atoms with Gasteiger partial charge in [0, 0.05) is 23.0 Å². The van der Waals surface area contributed by atoms with Crippen molar-refractivity contribution < 1.29 is 9.53 Å².